The lowest BCUT2D eigenvalue weighted by molar-refractivity contribution is 0.00118. The van der Waals surface area contributed by atoms with Gasteiger partial charge in [0, 0.05) is 38.8 Å². The number of nitrogens with zero attached hydrogens (tertiary/aromatic N) is 2. The lowest BCUT2D eigenvalue weighted by Crippen LogP contribution is -2.52. The van der Waals surface area contributed by atoms with Gasteiger partial charge in [0.1, 0.15) is 0 Å². The second-order valence-electron chi connectivity index (χ2n) is 5.87. The van der Waals surface area contributed by atoms with Gasteiger partial charge in [-0.25, -0.2) is 0 Å². The molecule has 2 saturated heterocycles. The third-order valence-corrected chi connectivity index (χ3v) is 4.22. The minimum atomic E-state index is 0.442. The Morgan fingerprint density at radius 2 is 2.00 bits per heavy atom. The summed E-state index contributed by atoms with van der Waals surface area (Å²) in [5.41, 5.74) is 0. The van der Waals surface area contributed by atoms with Gasteiger partial charge in [0.05, 0.1) is 12.2 Å². The smallest absolute Gasteiger partial charge is 0.0707 e. The molecule has 0 aromatic carbocycles. The Morgan fingerprint density at radius 1 is 1.22 bits per heavy atom. The first-order valence-electron chi connectivity index (χ1n) is 7.47. The Hall–Kier alpha value is -0.160. The summed E-state index contributed by atoms with van der Waals surface area (Å²) in [6.45, 7) is 11.2. The zero-order chi connectivity index (χ0) is 13.0. The Labute approximate surface area is 112 Å². The van der Waals surface area contributed by atoms with E-state index in [0.717, 1.165) is 19.6 Å². The van der Waals surface area contributed by atoms with Crippen molar-refractivity contribution in [3.63, 3.8) is 0 Å². The number of hydrogen-bond acceptors (Lipinski definition) is 4. The molecule has 0 radical (unpaired) electrons. The number of ether oxygens (including phenoxy) is 1. The maximum atomic E-state index is 6.12. The van der Waals surface area contributed by atoms with Gasteiger partial charge in [-0.1, -0.05) is 6.92 Å². The topological polar surface area (TPSA) is 27.7 Å². The zero-order valence-corrected chi connectivity index (χ0v) is 12.2. The predicted molar refractivity (Wildman–Crippen MR) is 75.0 cm³/mol. The number of likely N-dealkylation sites (N-methyl/N-ethyl adjacent to an activating group) is 2. The molecule has 0 amide bonds. The maximum absolute atomic E-state index is 6.12. The highest BCUT2D eigenvalue weighted by Gasteiger charge is 2.29. The average Bonchev–Trinajstić information content (AvgIpc) is 2.78. The fourth-order valence-electron chi connectivity index (χ4n) is 3.08. The van der Waals surface area contributed by atoms with Gasteiger partial charge in [-0.15, -0.1) is 0 Å². The number of piperazine rings is 1. The van der Waals surface area contributed by atoms with Crippen molar-refractivity contribution in [2.24, 2.45) is 0 Å². The molecule has 2 rings (SSSR count). The van der Waals surface area contributed by atoms with Crippen LogP contribution in [0.3, 0.4) is 0 Å². The lowest BCUT2D eigenvalue weighted by atomic mass is 10.1. The molecule has 106 valence electrons. The highest BCUT2D eigenvalue weighted by atomic mass is 16.5. The predicted octanol–water partition coefficient (Wildman–Crippen LogP) is 0.779. The molecule has 3 atom stereocenters. The van der Waals surface area contributed by atoms with Crippen LogP contribution in [0.15, 0.2) is 0 Å². The first-order chi connectivity index (χ1) is 8.69. The molecule has 18 heavy (non-hydrogen) atoms. The standard InChI is InChI=1S/C14H29N3O/c1-4-15-9-13-5-6-14(18-13)11-17-8-7-16(3)10-12(17)2/h12-15H,4-11H2,1-3H3. The van der Waals surface area contributed by atoms with Crippen LogP contribution in [0.4, 0.5) is 0 Å². The molecule has 0 aromatic rings. The second-order valence-corrected chi connectivity index (χ2v) is 5.87. The molecule has 0 aromatic heterocycles. The van der Waals surface area contributed by atoms with E-state index < -0.39 is 0 Å². The number of hydrogen-bond donors (Lipinski definition) is 1. The van der Waals surface area contributed by atoms with Crippen molar-refractivity contribution in [3.8, 4) is 0 Å². The molecule has 4 heteroatoms. The van der Waals surface area contributed by atoms with Crippen molar-refractivity contribution in [1.82, 2.24) is 15.1 Å². The van der Waals surface area contributed by atoms with Crippen LogP contribution in [0.5, 0.6) is 0 Å². The van der Waals surface area contributed by atoms with Gasteiger partial charge in [-0.2, -0.15) is 0 Å². The fourth-order valence-corrected chi connectivity index (χ4v) is 3.08. The van der Waals surface area contributed by atoms with Crippen molar-refractivity contribution in [2.45, 2.75) is 44.9 Å². The molecule has 0 saturated carbocycles. The summed E-state index contributed by atoms with van der Waals surface area (Å²) in [4.78, 5) is 5.02. The van der Waals surface area contributed by atoms with E-state index in [9.17, 15) is 0 Å². The summed E-state index contributed by atoms with van der Waals surface area (Å²) < 4.78 is 6.12. The monoisotopic (exact) mass is 255 g/mol. The summed E-state index contributed by atoms with van der Waals surface area (Å²) in [7, 11) is 2.21. The highest BCUT2D eigenvalue weighted by Crippen LogP contribution is 2.21. The Kier molecular flexibility index (Phi) is 5.42. The van der Waals surface area contributed by atoms with Crippen LogP contribution in [-0.2, 0) is 4.74 Å². The zero-order valence-electron chi connectivity index (χ0n) is 12.2. The molecule has 0 bridgehead atoms. The average molecular weight is 255 g/mol. The molecule has 2 heterocycles. The lowest BCUT2D eigenvalue weighted by Gasteiger charge is -2.39. The number of rotatable bonds is 5. The van der Waals surface area contributed by atoms with Crippen LogP contribution in [0.1, 0.15) is 26.7 Å². The summed E-state index contributed by atoms with van der Waals surface area (Å²) in [5.74, 6) is 0. The van der Waals surface area contributed by atoms with E-state index in [-0.39, 0.29) is 0 Å². The minimum Gasteiger partial charge on any atom is -0.372 e. The van der Waals surface area contributed by atoms with Gasteiger partial charge in [-0.3, -0.25) is 4.90 Å². The number of nitrogens with one attached hydrogen (secondary N) is 1. The van der Waals surface area contributed by atoms with E-state index in [0.29, 0.717) is 18.2 Å². The molecule has 3 unspecified atom stereocenters. The first-order valence-corrected chi connectivity index (χ1v) is 7.47. The molecule has 2 fully saturated rings. The molecule has 2 aliphatic heterocycles. The van der Waals surface area contributed by atoms with Crippen molar-refractivity contribution >= 4 is 0 Å². The van der Waals surface area contributed by atoms with E-state index in [1.54, 1.807) is 0 Å². The Balaban J connectivity index is 1.70. The molecular formula is C14H29N3O. The van der Waals surface area contributed by atoms with Crippen molar-refractivity contribution in [3.05, 3.63) is 0 Å². The first kappa shape index (κ1) is 14.3. The maximum Gasteiger partial charge on any atom is 0.0707 e. The molecule has 1 N–H and O–H groups in total. The van der Waals surface area contributed by atoms with E-state index in [2.05, 4.69) is 36.0 Å². The van der Waals surface area contributed by atoms with Crippen LogP contribution in [0.25, 0.3) is 0 Å². The van der Waals surface area contributed by atoms with Crippen LogP contribution >= 0.6 is 0 Å². The summed E-state index contributed by atoms with van der Waals surface area (Å²) in [6.07, 6.45) is 3.35. The van der Waals surface area contributed by atoms with E-state index in [1.165, 1.54) is 32.5 Å². The van der Waals surface area contributed by atoms with Gasteiger partial charge in [0.25, 0.3) is 0 Å². The van der Waals surface area contributed by atoms with Gasteiger partial charge in [0.2, 0.25) is 0 Å². The van der Waals surface area contributed by atoms with Crippen LogP contribution in [-0.4, -0.2) is 74.4 Å². The Morgan fingerprint density at radius 3 is 2.72 bits per heavy atom. The van der Waals surface area contributed by atoms with Crippen LogP contribution < -0.4 is 5.32 Å². The van der Waals surface area contributed by atoms with E-state index in [4.69, 9.17) is 4.74 Å². The largest absolute Gasteiger partial charge is 0.372 e. The highest BCUT2D eigenvalue weighted by molar-refractivity contribution is 4.83. The van der Waals surface area contributed by atoms with Crippen molar-refractivity contribution in [2.75, 3.05) is 46.3 Å². The quantitative estimate of drug-likeness (QED) is 0.786. The van der Waals surface area contributed by atoms with Crippen LogP contribution in [0.2, 0.25) is 0 Å². The minimum absolute atomic E-state index is 0.442. The molecule has 4 nitrogen and oxygen atoms in total. The molecule has 0 aliphatic carbocycles. The SMILES string of the molecule is CCNCC1CCC(CN2CCN(C)CC2C)O1. The third kappa shape index (κ3) is 3.92. The second kappa shape index (κ2) is 6.85. The molecule has 0 spiro atoms. The molecular weight excluding hydrogens is 226 g/mol. The van der Waals surface area contributed by atoms with Crippen LogP contribution in [0, 0.1) is 0 Å². The summed E-state index contributed by atoms with van der Waals surface area (Å²) >= 11 is 0. The van der Waals surface area contributed by atoms with E-state index in [1.807, 2.05) is 0 Å². The van der Waals surface area contributed by atoms with Gasteiger partial charge < -0.3 is 15.0 Å². The fraction of sp³-hybridized carbons (Fsp3) is 1.00. The van der Waals surface area contributed by atoms with Gasteiger partial charge in [0.15, 0.2) is 0 Å². The summed E-state index contributed by atoms with van der Waals surface area (Å²) in [5, 5.41) is 3.38. The van der Waals surface area contributed by atoms with Crippen molar-refractivity contribution < 1.29 is 4.74 Å². The van der Waals surface area contributed by atoms with Gasteiger partial charge >= 0.3 is 0 Å². The Bertz CT molecular complexity index is 249. The normalized spacial score (nSPS) is 35.2. The van der Waals surface area contributed by atoms with E-state index >= 15 is 0 Å². The van der Waals surface area contributed by atoms with Gasteiger partial charge in [-0.05, 0) is 33.4 Å². The van der Waals surface area contributed by atoms with Crippen molar-refractivity contribution in [1.29, 1.82) is 0 Å². The third-order valence-electron chi connectivity index (χ3n) is 4.22. The summed E-state index contributed by atoms with van der Waals surface area (Å²) in [6, 6.07) is 0.667. The molecule has 2 aliphatic rings.